The predicted octanol–water partition coefficient (Wildman–Crippen LogP) is 4.30. The third kappa shape index (κ3) is 4.44. The molecule has 3 saturated heterocycles. The van der Waals surface area contributed by atoms with Crippen LogP contribution in [0.5, 0.6) is 6.01 Å². The summed E-state index contributed by atoms with van der Waals surface area (Å²) in [4.78, 5) is 29.7. The fourth-order valence-electron chi connectivity index (χ4n) is 8.14. The molecule has 2 aromatic rings. The van der Waals surface area contributed by atoms with Crippen molar-refractivity contribution in [3.8, 4) is 6.01 Å². The quantitative estimate of drug-likeness (QED) is 0.503. The van der Waals surface area contributed by atoms with Crippen LogP contribution in [-0.4, -0.2) is 83.9 Å². The van der Waals surface area contributed by atoms with Crippen molar-refractivity contribution in [3.63, 3.8) is 0 Å². The smallest absolute Gasteiger partial charge is 0.410 e. The van der Waals surface area contributed by atoms with Gasteiger partial charge in [0.1, 0.15) is 19.0 Å². The molecule has 40 heavy (non-hydrogen) atoms. The molecule has 2 bridgehead atoms. The molecule has 0 N–H and O–H groups in total. The van der Waals surface area contributed by atoms with Gasteiger partial charge in [0.15, 0.2) is 0 Å². The van der Waals surface area contributed by atoms with Crippen LogP contribution in [0.4, 0.5) is 10.6 Å². The molecule has 7 rings (SSSR count). The number of anilines is 1. The minimum Gasteiger partial charge on any atom is -0.462 e. The molecule has 1 amide bonds. The second kappa shape index (κ2) is 10.4. The Morgan fingerprint density at radius 2 is 1.93 bits per heavy atom. The molecule has 0 radical (unpaired) electrons. The van der Waals surface area contributed by atoms with Gasteiger partial charge >= 0.3 is 12.1 Å². The summed E-state index contributed by atoms with van der Waals surface area (Å²) >= 11 is 0. The summed E-state index contributed by atoms with van der Waals surface area (Å²) in [6.45, 7) is 6.98. The van der Waals surface area contributed by atoms with E-state index in [-0.39, 0.29) is 30.2 Å². The zero-order valence-electron chi connectivity index (χ0n) is 23.7. The molecule has 1 aromatic heterocycles. The van der Waals surface area contributed by atoms with Crippen molar-refractivity contribution in [1.29, 1.82) is 0 Å². The zero-order valence-corrected chi connectivity index (χ0v) is 23.7. The van der Waals surface area contributed by atoms with E-state index in [2.05, 4.69) is 47.7 Å². The van der Waals surface area contributed by atoms with E-state index < -0.39 is 0 Å². The number of hydrogen-bond donors (Lipinski definition) is 0. The molecule has 1 spiro atoms. The summed E-state index contributed by atoms with van der Waals surface area (Å²) in [5.74, 6) is 1.05. The number of carbonyl (C=O) groups excluding carboxylic acids is 1. The van der Waals surface area contributed by atoms with Crippen LogP contribution in [0.3, 0.4) is 0 Å². The monoisotopic (exact) mass is 543 g/mol. The molecule has 8 heteroatoms. The Kier molecular flexibility index (Phi) is 6.69. The fraction of sp³-hybridized carbons (Fsp3) is 0.594. The molecule has 1 aromatic carbocycles. The predicted molar refractivity (Wildman–Crippen MR) is 154 cm³/mol. The van der Waals surface area contributed by atoms with Crippen LogP contribution in [-0.2, 0) is 29.4 Å². The van der Waals surface area contributed by atoms with E-state index >= 15 is 0 Å². The average Bonchev–Trinajstić information content (AvgIpc) is 3.62. The highest BCUT2D eigenvalue weighted by atomic mass is 16.6. The number of carbonyl (C=O) groups is 1. The van der Waals surface area contributed by atoms with E-state index in [0.717, 1.165) is 63.0 Å². The van der Waals surface area contributed by atoms with E-state index in [1.54, 1.807) is 6.08 Å². The Morgan fingerprint density at radius 1 is 1.12 bits per heavy atom. The van der Waals surface area contributed by atoms with Gasteiger partial charge in [0.05, 0.1) is 5.69 Å². The van der Waals surface area contributed by atoms with Crippen LogP contribution < -0.4 is 9.64 Å². The zero-order chi connectivity index (χ0) is 27.3. The molecular weight excluding hydrogens is 502 g/mol. The number of rotatable bonds is 6. The molecule has 212 valence electrons. The van der Waals surface area contributed by atoms with Gasteiger partial charge < -0.3 is 24.2 Å². The maximum Gasteiger partial charge on any atom is 0.410 e. The van der Waals surface area contributed by atoms with Gasteiger partial charge in [-0.05, 0) is 82.5 Å². The lowest BCUT2D eigenvalue weighted by Gasteiger charge is -2.43. The van der Waals surface area contributed by atoms with E-state index in [9.17, 15) is 4.79 Å². The number of likely N-dealkylation sites (tertiary alicyclic amines) is 2. The van der Waals surface area contributed by atoms with Crippen molar-refractivity contribution < 1.29 is 14.3 Å². The Morgan fingerprint density at radius 3 is 2.70 bits per heavy atom. The van der Waals surface area contributed by atoms with Crippen molar-refractivity contribution in [3.05, 3.63) is 59.3 Å². The number of amides is 1. The largest absolute Gasteiger partial charge is 0.462 e. The molecule has 4 heterocycles. The van der Waals surface area contributed by atoms with Crippen molar-refractivity contribution >= 4 is 11.9 Å². The molecule has 8 nitrogen and oxygen atoms in total. The van der Waals surface area contributed by atoms with Crippen LogP contribution in [0.1, 0.15) is 60.9 Å². The first kappa shape index (κ1) is 25.8. The summed E-state index contributed by atoms with van der Waals surface area (Å²) in [5, 5.41) is 0. The molecule has 5 aliphatic rings. The normalized spacial score (nSPS) is 29.0. The number of likely N-dealkylation sites (N-methyl/N-ethyl adjacent to an activating group) is 1. The van der Waals surface area contributed by atoms with Crippen LogP contribution in [0.2, 0.25) is 0 Å². The molecule has 3 aliphatic heterocycles. The first-order valence-electron chi connectivity index (χ1n) is 15.2. The number of piperazine rings is 1. The van der Waals surface area contributed by atoms with E-state index in [1.165, 1.54) is 29.5 Å². The van der Waals surface area contributed by atoms with Crippen molar-refractivity contribution in [2.45, 2.75) is 81.3 Å². The van der Waals surface area contributed by atoms with Crippen LogP contribution in [0.15, 0.2) is 36.9 Å². The number of benzene rings is 1. The molecule has 3 unspecified atom stereocenters. The highest BCUT2D eigenvalue weighted by Gasteiger charge is 2.47. The van der Waals surface area contributed by atoms with E-state index in [1.807, 2.05) is 4.90 Å². The molecular formula is C32H41N5O3. The highest BCUT2D eigenvalue weighted by Crippen LogP contribution is 2.49. The Hall–Kier alpha value is -3.13. The van der Waals surface area contributed by atoms with Crippen molar-refractivity contribution in [2.24, 2.45) is 0 Å². The summed E-state index contributed by atoms with van der Waals surface area (Å²) < 4.78 is 11.8. The minimum absolute atomic E-state index is 0.157. The van der Waals surface area contributed by atoms with Crippen molar-refractivity contribution in [1.82, 2.24) is 19.8 Å². The number of ether oxygens (including phenoxy) is 2. The van der Waals surface area contributed by atoms with E-state index in [4.69, 9.17) is 19.4 Å². The fourth-order valence-corrected chi connectivity index (χ4v) is 8.14. The second-order valence-corrected chi connectivity index (χ2v) is 12.5. The standard InChI is InChI=1S/C32H41N5O3/c1-3-17-39-31(38)36-19-23-10-11-24(20-36)37(23)29-26-13-15-32(14-12-22-7-4-5-9-27(22)32)18-28(26)33-30(34-29)40-21-25-8-6-16-35(25)2/h3-5,7,9,23-25H,1,6,8,10-21H2,2H3/t23?,24?,25-,32?/m0/s1. The lowest BCUT2D eigenvalue weighted by Crippen LogP contribution is -2.56. The van der Waals surface area contributed by atoms with Gasteiger partial charge in [-0.3, -0.25) is 0 Å². The maximum absolute atomic E-state index is 12.7. The van der Waals surface area contributed by atoms with Gasteiger partial charge in [0.25, 0.3) is 0 Å². The van der Waals surface area contributed by atoms with Gasteiger partial charge in [0.2, 0.25) is 0 Å². The lowest BCUT2D eigenvalue weighted by molar-refractivity contribution is 0.103. The Balaban J connectivity index is 1.20. The highest BCUT2D eigenvalue weighted by molar-refractivity contribution is 5.69. The third-order valence-corrected chi connectivity index (χ3v) is 10.3. The van der Waals surface area contributed by atoms with Crippen LogP contribution >= 0.6 is 0 Å². The third-order valence-electron chi connectivity index (χ3n) is 10.3. The molecule has 2 aliphatic carbocycles. The molecule has 4 atom stereocenters. The summed E-state index contributed by atoms with van der Waals surface area (Å²) in [6, 6.07) is 10.4. The molecule has 0 saturated carbocycles. The minimum atomic E-state index is -0.243. The maximum atomic E-state index is 12.7. The first-order chi connectivity index (χ1) is 19.5. The number of nitrogens with zero attached hydrogens (tertiary/aromatic N) is 5. The number of hydrogen-bond acceptors (Lipinski definition) is 7. The summed E-state index contributed by atoms with van der Waals surface area (Å²) in [6.07, 6.45) is 11.2. The van der Waals surface area contributed by atoms with Gasteiger partial charge in [0, 0.05) is 42.2 Å². The Bertz CT molecular complexity index is 1290. The van der Waals surface area contributed by atoms with Gasteiger partial charge in [-0.25, -0.2) is 4.79 Å². The number of aromatic nitrogens is 2. The SMILES string of the molecule is C=CCOC(=O)N1CC2CCC(C1)N2c1nc(OC[C@@H]2CCCN2C)nc2c1CCC1(CCc3ccccc31)C2. The van der Waals surface area contributed by atoms with Gasteiger partial charge in [-0.1, -0.05) is 36.9 Å². The van der Waals surface area contributed by atoms with E-state index in [0.29, 0.717) is 31.7 Å². The number of aryl methyl sites for hydroxylation is 1. The average molecular weight is 544 g/mol. The Labute approximate surface area is 237 Å². The lowest BCUT2D eigenvalue weighted by atomic mass is 9.69. The topological polar surface area (TPSA) is 71.0 Å². The first-order valence-corrected chi connectivity index (χ1v) is 15.2. The number of fused-ring (bicyclic) bond motifs is 5. The second-order valence-electron chi connectivity index (χ2n) is 12.5. The van der Waals surface area contributed by atoms with Crippen molar-refractivity contribution in [2.75, 3.05) is 44.8 Å². The summed E-state index contributed by atoms with van der Waals surface area (Å²) in [7, 11) is 2.18. The summed E-state index contributed by atoms with van der Waals surface area (Å²) in [5.41, 5.74) is 5.63. The molecule has 3 fully saturated rings. The van der Waals surface area contributed by atoms with Crippen LogP contribution in [0.25, 0.3) is 0 Å². The van der Waals surface area contributed by atoms with Gasteiger partial charge in [-0.15, -0.1) is 0 Å². The van der Waals surface area contributed by atoms with Crippen LogP contribution in [0, 0.1) is 0 Å². The van der Waals surface area contributed by atoms with Gasteiger partial charge in [-0.2, -0.15) is 9.97 Å².